The molecule has 1 unspecified atom stereocenters. The molecule has 0 aliphatic heterocycles. The van der Waals surface area contributed by atoms with Gasteiger partial charge in [-0.3, -0.25) is 9.59 Å². The summed E-state index contributed by atoms with van der Waals surface area (Å²) in [4.78, 5) is 25.0. The van der Waals surface area contributed by atoms with Gasteiger partial charge >= 0.3 is 0 Å². The molecular formula is C14H19BrN2O2. The number of nitrogens with zero attached hydrogens (tertiary/aromatic N) is 1. The predicted molar refractivity (Wildman–Crippen MR) is 80.1 cm³/mol. The quantitative estimate of drug-likeness (QED) is 0.904. The first-order valence-electron chi connectivity index (χ1n) is 6.27. The molecule has 104 valence electrons. The van der Waals surface area contributed by atoms with E-state index < -0.39 is 0 Å². The van der Waals surface area contributed by atoms with Crippen LogP contribution in [0.2, 0.25) is 0 Å². The molecule has 0 saturated carbocycles. The van der Waals surface area contributed by atoms with Crippen LogP contribution in [0.1, 0.15) is 27.2 Å². The zero-order chi connectivity index (χ0) is 14.4. The van der Waals surface area contributed by atoms with E-state index >= 15 is 0 Å². The minimum atomic E-state index is -0.155. The number of nitrogens with one attached hydrogen (secondary N) is 1. The highest BCUT2D eigenvalue weighted by Crippen LogP contribution is 2.19. The first-order chi connectivity index (χ1) is 8.93. The largest absolute Gasteiger partial charge is 0.352 e. The summed E-state index contributed by atoms with van der Waals surface area (Å²) in [7, 11) is 0. The Kier molecular flexibility index (Phi) is 6.02. The van der Waals surface area contributed by atoms with Crippen molar-refractivity contribution < 1.29 is 9.59 Å². The first kappa shape index (κ1) is 15.7. The maximum atomic E-state index is 11.9. The third-order valence-electron chi connectivity index (χ3n) is 2.82. The number of rotatable bonds is 5. The van der Waals surface area contributed by atoms with Crippen molar-refractivity contribution in [2.24, 2.45) is 0 Å². The molecule has 2 amide bonds. The van der Waals surface area contributed by atoms with Gasteiger partial charge < -0.3 is 10.2 Å². The minimum absolute atomic E-state index is 0.0378. The predicted octanol–water partition coefficient (Wildman–Crippen LogP) is 2.72. The summed E-state index contributed by atoms with van der Waals surface area (Å²) in [5.74, 6) is -0.304. The molecule has 1 aromatic carbocycles. The lowest BCUT2D eigenvalue weighted by Gasteiger charge is -2.22. The van der Waals surface area contributed by atoms with Crippen LogP contribution in [-0.2, 0) is 9.59 Å². The van der Waals surface area contributed by atoms with Crippen LogP contribution in [0.4, 0.5) is 5.69 Å². The van der Waals surface area contributed by atoms with E-state index in [1.807, 2.05) is 38.1 Å². The summed E-state index contributed by atoms with van der Waals surface area (Å²) < 4.78 is 0.874. The van der Waals surface area contributed by atoms with Crippen LogP contribution in [0.25, 0.3) is 0 Å². The van der Waals surface area contributed by atoms with Gasteiger partial charge in [0.05, 0.1) is 0 Å². The Bertz CT molecular complexity index is 463. The second-order valence-corrected chi connectivity index (χ2v) is 5.38. The summed E-state index contributed by atoms with van der Waals surface area (Å²) in [5.41, 5.74) is 0.709. The number of halogens is 1. The molecule has 0 spiro atoms. The molecular weight excluding hydrogens is 308 g/mol. The summed E-state index contributed by atoms with van der Waals surface area (Å²) in [6.45, 7) is 5.44. The molecule has 0 aliphatic carbocycles. The van der Waals surface area contributed by atoms with E-state index in [0.29, 0.717) is 5.69 Å². The highest BCUT2D eigenvalue weighted by molar-refractivity contribution is 9.10. The summed E-state index contributed by atoms with van der Waals surface area (Å²) >= 11 is 3.36. The van der Waals surface area contributed by atoms with Crippen LogP contribution >= 0.6 is 15.9 Å². The Hall–Kier alpha value is -1.36. The van der Waals surface area contributed by atoms with Crippen molar-refractivity contribution in [3.63, 3.8) is 0 Å². The Morgan fingerprint density at radius 1 is 1.42 bits per heavy atom. The molecule has 4 nitrogen and oxygen atoms in total. The summed E-state index contributed by atoms with van der Waals surface area (Å²) in [6, 6.07) is 7.45. The van der Waals surface area contributed by atoms with Crippen molar-refractivity contribution in [2.75, 3.05) is 11.4 Å². The molecule has 19 heavy (non-hydrogen) atoms. The standard InChI is InChI=1S/C14H19BrN2O2/c1-4-10(2)16-14(19)9-17(11(3)18)13-7-5-6-12(15)8-13/h5-8,10H,4,9H2,1-3H3,(H,16,19). The number of carbonyl (C=O) groups excluding carboxylic acids is 2. The van der Waals surface area contributed by atoms with E-state index in [4.69, 9.17) is 0 Å². The Morgan fingerprint density at radius 2 is 2.11 bits per heavy atom. The molecule has 0 saturated heterocycles. The van der Waals surface area contributed by atoms with Gasteiger partial charge in [-0.05, 0) is 31.5 Å². The molecule has 0 aliphatic rings. The fourth-order valence-corrected chi connectivity index (χ4v) is 1.98. The van der Waals surface area contributed by atoms with Gasteiger partial charge in [-0.2, -0.15) is 0 Å². The zero-order valence-electron chi connectivity index (χ0n) is 11.4. The average Bonchev–Trinajstić information content (AvgIpc) is 2.35. The third-order valence-corrected chi connectivity index (χ3v) is 3.31. The van der Waals surface area contributed by atoms with Crippen molar-refractivity contribution in [3.05, 3.63) is 28.7 Å². The van der Waals surface area contributed by atoms with Gasteiger partial charge in [0.1, 0.15) is 6.54 Å². The van der Waals surface area contributed by atoms with E-state index in [2.05, 4.69) is 21.2 Å². The zero-order valence-corrected chi connectivity index (χ0v) is 13.0. The lowest BCUT2D eigenvalue weighted by molar-refractivity contribution is -0.123. The van der Waals surface area contributed by atoms with E-state index in [1.165, 1.54) is 11.8 Å². The smallest absolute Gasteiger partial charge is 0.240 e. The highest BCUT2D eigenvalue weighted by Gasteiger charge is 2.16. The Morgan fingerprint density at radius 3 is 2.63 bits per heavy atom. The first-order valence-corrected chi connectivity index (χ1v) is 7.06. The van der Waals surface area contributed by atoms with Crippen LogP contribution in [0.3, 0.4) is 0 Å². The van der Waals surface area contributed by atoms with Gasteiger partial charge in [0.15, 0.2) is 0 Å². The average molecular weight is 327 g/mol. The molecule has 1 atom stereocenters. The van der Waals surface area contributed by atoms with Gasteiger partial charge in [-0.25, -0.2) is 0 Å². The molecule has 0 bridgehead atoms. The molecule has 0 fully saturated rings. The van der Waals surface area contributed by atoms with Gasteiger partial charge in [-0.15, -0.1) is 0 Å². The highest BCUT2D eigenvalue weighted by atomic mass is 79.9. The fraction of sp³-hybridized carbons (Fsp3) is 0.429. The topological polar surface area (TPSA) is 49.4 Å². The lowest BCUT2D eigenvalue weighted by Crippen LogP contribution is -2.42. The number of carbonyl (C=O) groups is 2. The van der Waals surface area contributed by atoms with Crippen LogP contribution in [0.5, 0.6) is 0 Å². The van der Waals surface area contributed by atoms with Crippen molar-refractivity contribution in [1.82, 2.24) is 5.32 Å². The maximum Gasteiger partial charge on any atom is 0.240 e. The van der Waals surface area contributed by atoms with E-state index in [0.717, 1.165) is 10.9 Å². The van der Waals surface area contributed by atoms with E-state index in [-0.39, 0.29) is 24.4 Å². The molecule has 0 radical (unpaired) electrons. The third kappa shape index (κ3) is 5.03. The van der Waals surface area contributed by atoms with Crippen LogP contribution in [-0.4, -0.2) is 24.4 Å². The van der Waals surface area contributed by atoms with E-state index in [1.54, 1.807) is 0 Å². The normalized spacial score (nSPS) is 11.8. The van der Waals surface area contributed by atoms with Crippen LogP contribution in [0.15, 0.2) is 28.7 Å². The van der Waals surface area contributed by atoms with Crippen molar-refractivity contribution in [1.29, 1.82) is 0 Å². The second kappa shape index (κ2) is 7.28. The van der Waals surface area contributed by atoms with Gasteiger partial charge in [0.2, 0.25) is 11.8 Å². The number of anilines is 1. The number of hydrogen-bond donors (Lipinski definition) is 1. The van der Waals surface area contributed by atoms with Gasteiger partial charge in [0, 0.05) is 23.1 Å². The van der Waals surface area contributed by atoms with Crippen LogP contribution < -0.4 is 10.2 Å². The molecule has 1 rings (SSSR count). The summed E-state index contributed by atoms with van der Waals surface area (Å²) in [6.07, 6.45) is 0.864. The van der Waals surface area contributed by atoms with Crippen molar-refractivity contribution in [2.45, 2.75) is 33.2 Å². The Labute approximate surface area is 122 Å². The minimum Gasteiger partial charge on any atom is -0.352 e. The van der Waals surface area contributed by atoms with Gasteiger partial charge in [-0.1, -0.05) is 28.9 Å². The second-order valence-electron chi connectivity index (χ2n) is 4.46. The Balaban J connectivity index is 2.79. The number of hydrogen-bond acceptors (Lipinski definition) is 2. The number of benzene rings is 1. The van der Waals surface area contributed by atoms with Crippen molar-refractivity contribution >= 4 is 33.4 Å². The van der Waals surface area contributed by atoms with Crippen molar-refractivity contribution in [3.8, 4) is 0 Å². The summed E-state index contributed by atoms with van der Waals surface area (Å²) in [5, 5.41) is 2.85. The fourth-order valence-electron chi connectivity index (χ4n) is 1.59. The molecule has 5 heteroatoms. The molecule has 0 heterocycles. The lowest BCUT2D eigenvalue weighted by atomic mass is 10.2. The molecule has 1 aromatic rings. The SMILES string of the molecule is CCC(C)NC(=O)CN(C(C)=O)c1cccc(Br)c1. The molecule has 0 aromatic heterocycles. The molecule has 1 N–H and O–H groups in total. The van der Waals surface area contributed by atoms with Gasteiger partial charge in [0.25, 0.3) is 0 Å². The number of amides is 2. The maximum absolute atomic E-state index is 11.9. The van der Waals surface area contributed by atoms with E-state index in [9.17, 15) is 9.59 Å². The van der Waals surface area contributed by atoms with Crippen LogP contribution in [0, 0.1) is 0 Å². The monoisotopic (exact) mass is 326 g/mol.